The van der Waals surface area contributed by atoms with Gasteiger partial charge in [-0.3, -0.25) is 9.88 Å². The van der Waals surface area contributed by atoms with Gasteiger partial charge in [0.25, 0.3) is 0 Å². The number of aryl methyl sites for hydroxylation is 1. The number of rotatable bonds is 5. The zero-order valence-electron chi connectivity index (χ0n) is 14.0. The lowest BCUT2D eigenvalue weighted by molar-refractivity contribution is 0.318. The molecule has 0 spiro atoms. The van der Waals surface area contributed by atoms with Crippen LogP contribution < -0.4 is 0 Å². The molecule has 0 unspecified atom stereocenters. The average molecular weight is 322 g/mol. The lowest BCUT2D eigenvalue weighted by Gasteiger charge is -2.15. The number of hydrogen-bond acceptors (Lipinski definition) is 5. The van der Waals surface area contributed by atoms with Crippen molar-refractivity contribution in [3.8, 4) is 0 Å². The first-order valence-corrected chi connectivity index (χ1v) is 8.70. The molecule has 1 aromatic carbocycles. The maximum absolute atomic E-state index is 5.80. The fourth-order valence-electron chi connectivity index (χ4n) is 3.39. The molecule has 0 bridgehead atoms. The third-order valence-corrected chi connectivity index (χ3v) is 4.62. The Labute approximate surface area is 141 Å². The Morgan fingerprint density at radius 3 is 3.08 bits per heavy atom. The highest BCUT2D eigenvalue weighted by atomic mass is 16.4. The van der Waals surface area contributed by atoms with E-state index in [4.69, 9.17) is 4.42 Å². The number of fused-ring (bicyclic) bond motifs is 1. The molecule has 5 heteroatoms. The summed E-state index contributed by atoms with van der Waals surface area (Å²) in [5.41, 5.74) is 2.31. The molecule has 0 amide bonds. The molecule has 0 saturated carbocycles. The molecule has 1 fully saturated rings. The molecule has 0 N–H and O–H groups in total. The number of aromatic nitrogens is 3. The maximum atomic E-state index is 5.80. The Morgan fingerprint density at radius 2 is 2.17 bits per heavy atom. The molecule has 2 aromatic heterocycles. The van der Waals surface area contributed by atoms with Gasteiger partial charge in [0.1, 0.15) is 0 Å². The number of para-hydroxylation sites is 1. The van der Waals surface area contributed by atoms with Crippen molar-refractivity contribution >= 4 is 10.9 Å². The highest BCUT2D eigenvalue weighted by molar-refractivity contribution is 5.78. The van der Waals surface area contributed by atoms with E-state index >= 15 is 0 Å². The van der Waals surface area contributed by atoms with Crippen molar-refractivity contribution in [1.29, 1.82) is 0 Å². The molecule has 1 aliphatic heterocycles. The Morgan fingerprint density at radius 1 is 1.25 bits per heavy atom. The van der Waals surface area contributed by atoms with Crippen LogP contribution in [0.25, 0.3) is 10.9 Å². The molecule has 0 aliphatic carbocycles. The number of benzene rings is 1. The summed E-state index contributed by atoms with van der Waals surface area (Å²) >= 11 is 0. The maximum Gasteiger partial charge on any atom is 0.220 e. The monoisotopic (exact) mass is 322 g/mol. The molecule has 124 valence electrons. The summed E-state index contributed by atoms with van der Waals surface area (Å²) in [4.78, 5) is 7.00. The number of hydrogen-bond donors (Lipinski definition) is 0. The largest absolute Gasteiger partial charge is 0.425 e. The summed E-state index contributed by atoms with van der Waals surface area (Å²) in [6, 6.07) is 10.5. The first kappa shape index (κ1) is 15.3. The van der Waals surface area contributed by atoms with E-state index in [1.807, 2.05) is 12.3 Å². The van der Waals surface area contributed by atoms with Gasteiger partial charge in [-0.25, -0.2) is 0 Å². The fraction of sp³-hybridized carbons (Fsp3) is 0.421. The highest BCUT2D eigenvalue weighted by Gasteiger charge is 2.28. The van der Waals surface area contributed by atoms with Crippen molar-refractivity contribution in [3.05, 3.63) is 53.9 Å². The summed E-state index contributed by atoms with van der Waals surface area (Å²) in [6.07, 6.45) is 4.97. The third kappa shape index (κ3) is 3.17. The van der Waals surface area contributed by atoms with E-state index in [1.165, 1.54) is 10.9 Å². The van der Waals surface area contributed by atoms with Crippen molar-refractivity contribution < 1.29 is 4.42 Å². The Balaban J connectivity index is 1.42. The van der Waals surface area contributed by atoms with Gasteiger partial charge in [-0.1, -0.05) is 25.1 Å². The van der Waals surface area contributed by atoms with Crippen molar-refractivity contribution in [2.24, 2.45) is 0 Å². The predicted octanol–water partition coefficient (Wildman–Crippen LogP) is 3.56. The SMILES string of the molecule is CCCc1nnc([C@H]2CCN(Cc3cnc4ccccc4c3)C2)o1. The third-order valence-electron chi connectivity index (χ3n) is 4.62. The normalized spacial score (nSPS) is 18.5. The van der Waals surface area contributed by atoms with Crippen LogP contribution in [0.2, 0.25) is 0 Å². The first-order valence-electron chi connectivity index (χ1n) is 8.70. The average Bonchev–Trinajstić information content (AvgIpc) is 3.24. The summed E-state index contributed by atoms with van der Waals surface area (Å²) in [5.74, 6) is 1.93. The second kappa shape index (κ2) is 6.69. The van der Waals surface area contributed by atoms with E-state index in [2.05, 4.69) is 51.3 Å². The van der Waals surface area contributed by atoms with E-state index < -0.39 is 0 Å². The molecule has 0 radical (unpaired) electrons. The Bertz CT molecular complexity index is 829. The minimum atomic E-state index is 0.358. The van der Waals surface area contributed by atoms with Crippen LogP contribution in [0.4, 0.5) is 0 Å². The second-order valence-corrected chi connectivity index (χ2v) is 6.54. The quantitative estimate of drug-likeness (QED) is 0.719. The Hall–Kier alpha value is -2.27. The molecular formula is C19H22N4O. The van der Waals surface area contributed by atoms with Gasteiger partial charge < -0.3 is 4.42 Å². The van der Waals surface area contributed by atoms with Gasteiger partial charge in [0.2, 0.25) is 11.8 Å². The highest BCUT2D eigenvalue weighted by Crippen LogP contribution is 2.27. The molecule has 3 aromatic rings. The van der Waals surface area contributed by atoms with E-state index in [9.17, 15) is 0 Å². The van der Waals surface area contributed by atoms with Crippen LogP contribution >= 0.6 is 0 Å². The van der Waals surface area contributed by atoms with E-state index in [-0.39, 0.29) is 0 Å². The predicted molar refractivity (Wildman–Crippen MR) is 92.7 cm³/mol. The number of pyridine rings is 1. The summed E-state index contributed by atoms with van der Waals surface area (Å²) in [7, 11) is 0. The van der Waals surface area contributed by atoms with Crippen molar-refractivity contribution in [1.82, 2.24) is 20.1 Å². The summed E-state index contributed by atoms with van der Waals surface area (Å²) in [6.45, 7) is 5.08. The van der Waals surface area contributed by atoms with Crippen molar-refractivity contribution in [2.75, 3.05) is 13.1 Å². The lowest BCUT2D eigenvalue weighted by Crippen LogP contribution is -2.19. The van der Waals surface area contributed by atoms with Gasteiger partial charge in [0.15, 0.2) is 0 Å². The lowest BCUT2D eigenvalue weighted by atomic mass is 10.1. The van der Waals surface area contributed by atoms with Crippen LogP contribution in [-0.4, -0.2) is 33.2 Å². The van der Waals surface area contributed by atoms with E-state index in [1.54, 1.807) is 0 Å². The standard InChI is InChI=1S/C19H22N4O/c1-2-5-18-21-22-19(24-18)16-8-9-23(13-16)12-14-10-15-6-3-4-7-17(15)20-11-14/h3-4,6-7,10-11,16H,2,5,8-9,12-13H2,1H3/t16-/m0/s1. The molecule has 5 nitrogen and oxygen atoms in total. The fourth-order valence-corrected chi connectivity index (χ4v) is 3.39. The molecule has 1 saturated heterocycles. The Kier molecular flexibility index (Phi) is 4.26. The minimum Gasteiger partial charge on any atom is -0.425 e. The van der Waals surface area contributed by atoms with Crippen LogP contribution in [-0.2, 0) is 13.0 Å². The molecular weight excluding hydrogens is 300 g/mol. The van der Waals surface area contributed by atoms with Crippen molar-refractivity contribution in [2.45, 2.75) is 38.6 Å². The van der Waals surface area contributed by atoms with Crippen LogP contribution in [0.15, 0.2) is 40.9 Å². The number of nitrogens with zero attached hydrogens (tertiary/aromatic N) is 4. The zero-order chi connectivity index (χ0) is 16.4. The summed E-state index contributed by atoms with van der Waals surface area (Å²) in [5, 5.41) is 9.59. The van der Waals surface area contributed by atoms with E-state index in [0.29, 0.717) is 5.92 Å². The van der Waals surface area contributed by atoms with Crippen LogP contribution in [0, 0.1) is 0 Å². The topological polar surface area (TPSA) is 55.1 Å². The zero-order valence-corrected chi connectivity index (χ0v) is 14.0. The smallest absolute Gasteiger partial charge is 0.220 e. The molecule has 1 atom stereocenters. The second-order valence-electron chi connectivity index (χ2n) is 6.54. The van der Waals surface area contributed by atoms with Gasteiger partial charge in [0.05, 0.1) is 11.4 Å². The van der Waals surface area contributed by atoms with Gasteiger partial charge in [-0.05, 0) is 37.1 Å². The van der Waals surface area contributed by atoms with Gasteiger partial charge in [0, 0.05) is 31.1 Å². The molecule has 24 heavy (non-hydrogen) atoms. The first-order chi connectivity index (χ1) is 11.8. The van der Waals surface area contributed by atoms with Crippen LogP contribution in [0.3, 0.4) is 0 Å². The van der Waals surface area contributed by atoms with Crippen LogP contribution in [0.5, 0.6) is 0 Å². The van der Waals surface area contributed by atoms with Gasteiger partial charge in [-0.15, -0.1) is 10.2 Å². The molecule has 3 heterocycles. The summed E-state index contributed by atoms with van der Waals surface area (Å²) < 4.78 is 5.80. The van der Waals surface area contributed by atoms with E-state index in [0.717, 1.165) is 56.2 Å². The molecule has 1 aliphatic rings. The van der Waals surface area contributed by atoms with Gasteiger partial charge >= 0.3 is 0 Å². The van der Waals surface area contributed by atoms with Crippen LogP contribution in [0.1, 0.15) is 43.0 Å². The minimum absolute atomic E-state index is 0.358. The number of likely N-dealkylation sites (tertiary alicyclic amines) is 1. The van der Waals surface area contributed by atoms with Gasteiger partial charge in [-0.2, -0.15) is 0 Å². The van der Waals surface area contributed by atoms with Crippen molar-refractivity contribution in [3.63, 3.8) is 0 Å². The molecule has 4 rings (SSSR count).